The Hall–Kier alpha value is -0.950. The topological polar surface area (TPSA) is 49.9 Å². The molecule has 0 N–H and O–H groups in total. The van der Waals surface area contributed by atoms with Crippen molar-refractivity contribution in [2.75, 3.05) is 27.2 Å². The molecule has 2 rings (SSSR count). The highest BCUT2D eigenvalue weighted by Gasteiger charge is 2.37. The molecular weight excluding hydrogens is 288 g/mol. The summed E-state index contributed by atoms with van der Waals surface area (Å²) in [6.45, 7) is 4.87. The summed E-state index contributed by atoms with van der Waals surface area (Å²) in [7, 11) is -0.296. The molecule has 118 valence electrons. The van der Waals surface area contributed by atoms with E-state index in [0.29, 0.717) is 13.1 Å². The molecule has 0 unspecified atom stereocenters. The molecule has 0 spiro atoms. The Labute approximate surface area is 127 Å². The summed E-state index contributed by atoms with van der Waals surface area (Å²) in [4.78, 5) is 0. The van der Waals surface area contributed by atoms with Gasteiger partial charge in [-0.3, -0.25) is 0 Å². The zero-order valence-electron chi connectivity index (χ0n) is 13.1. The van der Waals surface area contributed by atoms with Gasteiger partial charge in [0.25, 0.3) is 10.2 Å². The Morgan fingerprint density at radius 3 is 2.33 bits per heavy atom. The van der Waals surface area contributed by atoms with E-state index in [0.717, 1.165) is 5.56 Å². The van der Waals surface area contributed by atoms with Gasteiger partial charge in [-0.15, -0.1) is 0 Å². The smallest absolute Gasteiger partial charge is 0.281 e. The third-order valence-electron chi connectivity index (χ3n) is 3.79. The maximum Gasteiger partial charge on any atom is 0.281 e. The Bertz CT molecular complexity index is 558. The van der Waals surface area contributed by atoms with Gasteiger partial charge in [-0.1, -0.05) is 44.2 Å². The largest absolute Gasteiger partial charge is 0.367 e. The van der Waals surface area contributed by atoms with E-state index in [2.05, 4.69) is 13.8 Å². The Morgan fingerprint density at radius 1 is 1.19 bits per heavy atom. The van der Waals surface area contributed by atoms with Crippen LogP contribution >= 0.6 is 0 Å². The molecule has 1 saturated heterocycles. The summed E-state index contributed by atoms with van der Waals surface area (Å²) in [5, 5.41) is 0. The van der Waals surface area contributed by atoms with Gasteiger partial charge in [-0.05, 0) is 11.5 Å². The van der Waals surface area contributed by atoms with E-state index in [1.165, 1.54) is 8.61 Å². The molecule has 0 saturated carbocycles. The van der Waals surface area contributed by atoms with Crippen LogP contribution in [0.4, 0.5) is 0 Å². The van der Waals surface area contributed by atoms with E-state index in [4.69, 9.17) is 4.74 Å². The lowest BCUT2D eigenvalue weighted by molar-refractivity contribution is -0.0855. The third-order valence-corrected chi connectivity index (χ3v) is 5.67. The average Bonchev–Trinajstić information content (AvgIpc) is 2.47. The molecule has 0 radical (unpaired) electrons. The van der Waals surface area contributed by atoms with Crippen molar-refractivity contribution in [2.45, 2.75) is 26.1 Å². The number of hydrogen-bond donors (Lipinski definition) is 0. The quantitative estimate of drug-likeness (QED) is 0.853. The van der Waals surface area contributed by atoms with Gasteiger partial charge >= 0.3 is 0 Å². The number of morpholine rings is 1. The first-order chi connectivity index (χ1) is 9.82. The van der Waals surface area contributed by atoms with Crippen LogP contribution in [-0.2, 0) is 14.9 Å². The summed E-state index contributed by atoms with van der Waals surface area (Å²) >= 11 is 0. The Morgan fingerprint density at radius 2 is 1.81 bits per heavy atom. The summed E-state index contributed by atoms with van der Waals surface area (Å²) in [6, 6.07) is 9.80. The van der Waals surface area contributed by atoms with Gasteiger partial charge in [-0.25, -0.2) is 0 Å². The van der Waals surface area contributed by atoms with Gasteiger partial charge in [0.2, 0.25) is 0 Å². The van der Waals surface area contributed by atoms with Gasteiger partial charge in [0.05, 0.1) is 12.2 Å². The van der Waals surface area contributed by atoms with Crippen molar-refractivity contribution < 1.29 is 13.2 Å². The van der Waals surface area contributed by atoms with Crippen LogP contribution in [0.15, 0.2) is 30.3 Å². The van der Waals surface area contributed by atoms with Crippen LogP contribution in [0.2, 0.25) is 0 Å². The predicted molar refractivity (Wildman–Crippen MR) is 83.1 cm³/mol. The van der Waals surface area contributed by atoms with Crippen molar-refractivity contribution in [3.63, 3.8) is 0 Å². The van der Waals surface area contributed by atoms with E-state index in [1.54, 1.807) is 14.1 Å². The molecule has 6 heteroatoms. The van der Waals surface area contributed by atoms with Crippen molar-refractivity contribution in [1.29, 1.82) is 0 Å². The van der Waals surface area contributed by atoms with E-state index in [-0.39, 0.29) is 18.1 Å². The SMILES string of the molecule is CC(C)[C@H]1CN(S(=O)(=O)N(C)C)C[C@@H](c2ccccc2)O1. The molecule has 1 aromatic rings. The molecule has 2 atom stereocenters. The van der Waals surface area contributed by atoms with Crippen LogP contribution in [0.25, 0.3) is 0 Å². The standard InChI is InChI=1S/C15H24N2O3S/c1-12(2)14-10-17(21(18,19)16(3)4)11-15(20-14)13-8-6-5-7-9-13/h5-9,12,14-15H,10-11H2,1-4H3/t14-,15+/m1/s1. The van der Waals surface area contributed by atoms with Gasteiger partial charge in [0, 0.05) is 27.2 Å². The second kappa shape index (κ2) is 6.44. The minimum Gasteiger partial charge on any atom is -0.367 e. The fraction of sp³-hybridized carbons (Fsp3) is 0.600. The maximum atomic E-state index is 12.4. The minimum absolute atomic E-state index is 0.0984. The molecule has 1 aliphatic rings. The molecule has 1 aromatic carbocycles. The molecule has 0 bridgehead atoms. The first kappa shape index (κ1) is 16.4. The van der Waals surface area contributed by atoms with E-state index < -0.39 is 10.2 Å². The average molecular weight is 312 g/mol. The molecule has 1 aliphatic heterocycles. The Kier molecular flexibility index (Phi) is 5.03. The van der Waals surface area contributed by atoms with Crippen molar-refractivity contribution in [3.05, 3.63) is 35.9 Å². The maximum absolute atomic E-state index is 12.4. The molecular formula is C15H24N2O3S. The fourth-order valence-corrected chi connectivity index (χ4v) is 3.52. The van der Waals surface area contributed by atoms with E-state index in [9.17, 15) is 8.42 Å². The lowest BCUT2D eigenvalue weighted by Gasteiger charge is -2.40. The third kappa shape index (κ3) is 3.63. The number of hydrogen-bond acceptors (Lipinski definition) is 3. The first-order valence-corrected chi connectivity index (χ1v) is 8.60. The molecule has 1 heterocycles. The van der Waals surface area contributed by atoms with Crippen molar-refractivity contribution in [3.8, 4) is 0 Å². The number of benzene rings is 1. The molecule has 0 amide bonds. The highest BCUT2D eigenvalue weighted by Crippen LogP contribution is 2.29. The second-order valence-electron chi connectivity index (χ2n) is 5.93. The van der Waals surface area contributed by atoms with E-state index in [1.807, 2.05) is 30.3 Å². The summed E-state index contributed by atoms with van der Waals surface area (Å²) in [6.07, 6.45) is -0.319. The lowest BCUT2D eigenvalue weighted by Crippen LogP contribution is -2.51. The summed E-state index contributed by atoms with van der Waals surface area (Å²) < 4.78 is 33.8. The Balaban J connectivity index is 2.28. The van der Waals surface area contributed by atoms with Gasteiger partial charge in [0.15, 0.2) is 0 Å². The normalized spacial score (nSPS) is 24.7. The van der Waals surface area contributed by atoms with Crippen LogP contribution in [0, 0.1) is 5.92 Å². The number of nitrogens with zero attached hydrogens (tertiary/aromatic N) is 2. The second-order valence-corrected chi connectivity index (χ2v) is 8.07. The molecule has 0 aliphatic carbocycles. The van der Waals surface area contributed by atoms with Crippen molar-refractivity contribution in [1.82, 2.24) is 8.61 Å². The van der Waals surface area contributed by atoms with E-state index >= 15 is 0 Å². The summed E-state index contributed by atoms with van der Waals surface area (Å²) in [5.74, 6) is 0.261. The monoisotopic (exact) mass is 312 g/mol. The highest BCUT2D eigenvalue weighted by atomic mass is 32.2. The number of ether oxygens (including phenoxy) is 1. The van der Waals surface area contributed by atoms with Crippen LogP contribution in [0.1, 0.15) is 25.5 Å². The molecule has 21 heavy (non-hydrogen) atoms. The lowest BCUT2D eigenvalue weighted by atomic mass is 10.0. The van der Waals surface area contributed by atoms with Gasteiger partial charge in [-0.2, -0.15) is 17.0 Å². The number of rotatable bonds is 4. The minimum atomic E-state index is -3.42. The van der Waals surface area contributed by atoms with Crippen LogP contribution in [-0.4, -0.2) is 50.3 Å². The van der Waals surface area contributed by atoms with Crippen molar-refractivity contribution in [2.24, 2.45) is 5.92 Å². The van der Waals surface area contributed by atoms with Gasteiger partial charge in [0.1, 0.15) is 0 Å². The fourth-order valence-electron chi connectivity index (χ4n) is 2.40. The zero-order valence-corrected chi connectivity index (χ0v) is 13.9. The van der Waals surface area contributed by atoms with Crippen LogP contribution in [0.3, 0.4) is 0 Å². The summed E-state index contributed by atoms with van der Waals surface area (Å²) in [5.41, 5.74) is 1.02. The predicted octanol–water partition coefficient (Wildman–Crippen LogP) is 1.89. The molecule has 5 nitrogen and oxygen atoms in total. The first-order valence-electron chi connectivity index (χ1n) is 7.20. The highest BCUT2D eigenvalue weighted by molar-refractivity contribution is 7.86. The molecule has 1 fully saturated rings. The van der Waals surface area contributed by atoms with Gasteiger partial charge < -0.3 is 4.74 Å². The molecule has 0 aromatic heterocycles. The zero-order chi connectivity index (χ0) is 15.6. The van der Waals surface area contributed by atoms with Crippen LogP contribution < -0.4 is 0 Å². The van der Waals surface area contributed by atoms with Crippen molar-refractivity contribution >= 4 is 10.2 Å². The van der Waals surface area contributed by atoms with Crippen LogP contribution in [0.5, 0.6) is 0 Å².